The quantitative estimate of drug-likeness (QED) is 0.732. The Hall–Kier alpha value is -2.08. The highest BCUT2D eigenvalue weighted by Gasteiger charge is 2.22. The fourth-order valence-electron chi connectivity index (χ4n) is 2.30. The number of carbonyl (C=O) groups is 2. The molecule has 6 heteroatoms. The summed E-state index contributed by atoms with van der Waals surface area (Å²) < 4.78 is 5.26. The van der Waals surface area contributed by atoms with Gasteiger partial charge in [-0.05, 0) is 37.6 Å². The lowest BCUT2D eigenvalue weighted by Gasteiger charge is -2.19. The molecular formula is C13H15N3O3. The van der Waals surface area contributed by atoms with Crippen molar-refractivity contribution in [1.82, 2.24) is 5.32 Å². The lowest BCUT2D eigenvalue weighted by molar-refractivity contribution is -0.119. The summed E-state index contributed by atoms with van der Waals surface area (Å²) >= 11 is 0. The fraction of sp³-hybridized carbons (Fsp3) is 0.385. The number of benzene rings is 1. The number of hydrogen-bond acceptors (Lipinski definition) is 4. The number of fused-ring (bicyclic) bond motifs is 1. The lowest BCUT2D eigenvalue weighted by Crippen LogP contribution is -2.35. The minimum absolute atomic E-state index is 0.0324. The number of ether oxygens (including phenoxy) is 1. The van der Waals surface area contributed by atoms with E-state index in [2.05, 4.69) is 16.0 Å². The van der Waals surface area contributed by atoms with Crippen LogP contribution < -0.4 is 20.7 Å². The molecule has 1 saturated heterocycles. The molecule has 2 heterocycles. The van der Waals surface area contributed by atoms with Crippen molar-refractivity contribution in [2.45, 2.75) is 18.9 Å². The van der Waals surface area contributed by atoms with Crippen molar-refractivity contribution in [3.63, 3.8) is 0 Å². The van der Waals surface area contributed by atoms with Gasteiger partial charge in [0.1, 0.15) is 5.75 Å². The molecule has 0 radical (unpaired) electrons. The summed E-state index contributed by atoms with van der Waals surface area (Å²) in [6, 6.07) is 5.09. The smallest absolute Gasteiger partial charge is 0.262 e. The van der Waals surface area contributed by atoms with Crippen molar-refractivity contribution in [3.8, 4) is 5.75 Å². The lowest BCUT2D eigenvalue weighted by atomic mass is 10.2. The molecule has 1 aromatic carbocycles. The molecule has 0 aromatic heterocycles. The van der Waals surface area contributed by atoms with Crippen molar-refractivity contribution in [3.05, 3.63) is 18.2 Å². The number of nitrogens with one attached hydrogen (secondary N) is 3. The Morgan fingerprint density at radius 1 is 1.42 bits per heavy atom. The van der Waals surface area contributed by atoms with Crippen molar-refractivity contribution in [2.24, 2.45) is 0 Å². The second-order valence-electron chi connectivity index (χ2n) is 4.69. The van der Waals surface area contributed by atoms with Crippen LogP contribution in [0, 0.1) is 0 Å². The molecule has 2 amide bonds. The zero-order chi connectivity index (χ0) is 13.2. The van der Waals surface area contributed by atoms with Crippen molar-refractivity contribution >= 4 is 23.2 Å². The SMILES string of the molecule is O=C1COc2ccc(NC(=O)[C@@H]3CCCN3)cc2N1. The highest BCUT2D eigenvalue weighted by Crippen LogP contribution is 2.30. The third-order valence-corrected chi connectivity index (χ3v) is 3.26. The van der Waals surface area contributed by atoms with E-state index in [1.807, 2.05) is 0 Å². The van der Waals surface area contributed by atoms with E-state index in [1.165, 1.54) is 0 Å². The third kappa shape index (κ3) is 2.53. The second-order valence-corrected chi connectivity index (χ2v) is 4.69. The summed E-state index contributed by atoms with van der Waals surface area (Å²) in [5.41, 5.74) is 1.25. The Kier molecular flexibility index (Phi) is 3.08. The van der Waals surface area contributed by atoms with Crippen molar-refractivity contribution in [2.75, 3.05) is 23.8 Å². The molecule has 2 aliphatic rings. The Morgan fingerprint density at radius 2 is 2.32 bits per heavy atom. The number of carbonyl (C=O) groups excluding carboxylic acids is 2. The predicted molar refractivity (Wildman–Crippen MR) is 70.2 cm³/mol. The molecular weight excluding hydrogens is 246 g/mol. The van der Waals surface area contributed by atoms with E-state index in [-0.39, 0.29) is 24.5 Å². The predicted octanol–water partition coefficient (Wildman–Crippen LogP) is 0.708. The molecule has 0 aliphatic carbocycles. The van der Waals surface area contributed by atoms with Gasteiger partial charge in [0, 0.05) is 5.69 Å². The first-order chi connectivity index (χ1) is 9.22. The average molecular weight is 261 g/mol. The Morgan fingerprint density at radius 3 is 3.11 bits per heavy atom. The number of hydrogen-bond donors (Lipinski definition) is 3. The van der Waals surface area contributed by atoms with Gasteiger partial charge in [-0.2, -0.15) is 0 Å². The normalized spacial score (nSPS) is 21.3. The maximum Gasteiger partial charge on any atom is 0.262 e. The molecule has 0 spiro atoms. The van der Waals surface area contributed by atoms with E-state index in [0.29, 0.717) is 17.1 Å². The molecule has 100 valence electrons. The van der Waals surface area contributed by atoms with Gasteiger partial charge in [-0.25, -0.2) is 0 Å². The summed E-state index contributed by atoms with van der Waals surface area (Å²) in [5, 5.41) is 8.69. The van der Waals surface area contributed by atoms with Gasteiger partial charge in [-0.15, -0.1) is 0 Å². The van der Waals surface area contributed by atoms with Crippen LogP contribution in [0.2, 0.25) is 0 Å². The molecule has 3 rings (SSSR count). The van der Waals surface area contributed by atoms with E-state index < -0.39 is 0 Å². The van der Waals surface area contributed by atoms with Gasteiger partial charge in [0.25, 0.3) is 5.91 Å². The maximum atomic E-state index is 12.0. The van der Waals surface area contributed by atoms with Crippen LogP contribution in [0.3, 0.4) is 0 Å². The van der Waals surface area contributed by atoms with Gasteiger partial charge in [0.15, 0.2) is 6.61 Å². The first-order valence-electron chi connectivity index (χ1n) is 6.33. The second kappa shape index (κ2) is 4.89. The number of amides is 2. The topological polar surface area (TPSA) is 79.5 Å². The standard InChI is InChI=1S/C13H15N3O3/c17-12-7-19-11-4-3-8(6-10(11)16-12)15-13(18)9-2-1-5-14-9/h3-4,6,9,14H,1-2,5,7H2,(H,15,18)(H,16,17)/t9-/m0/s1. The van der Waals surface area contributed by atoms with Gasteiger partial charge in [0.2, 0.25) is 5.91 Å². The molecule has 2 aliphatic heterocycles. The number of anilines is 2. The zero-order valence-electron chi connectivity index (χ0n) is 10.4. The van der Waals surface area contributed by atoms with Crippen LogP contribution >= 0.6 is 0 Å². The van der Waals surface area contributed by atoms with Crippen LogP contribution in [0.1, 0.15) is 12.8 Å². The fourth-order valence-corrected chi connectivity index (χ4v) is 2.30. The van der Waals surface area contributed by atoms with E-state index in [0.717, 1.165) is 19.4 Å². The van der Waals surface area contributed by atoms with Crippen LogP contribution in [0.15, 0.2) is 18.2 Å². The molecule has 0 bridgehead atoms. The Balaban J connectivity index is 1.73. The van der Waals surface area contributed by atoms with Crippen LogP contribution in [-0.2, 0) is 9.59 Å². The van der Waals surface area contributed by atoms with Gasteiger partial charge in [-0.1, -0.05) is 0 Å². The minimum atomic E-state index is -0.187. The molecule has 6 nitrogen and oxygen atoms in total. The van der Waals surface area contributed by atoms with Crippen LogP contribution in [-0.4, -0.2) is 31.0 Å². The Bertz CT molecular complexity index is 524. The van der Waals surface area contributed by atoms with E-state index in [1.54, 1.807) is 18.2 Å². The summed E-state index contributed by atoms with van der Waals surface area (Å²) in [4.78, 5) is 23.2. The summed E-state index contributed by atoms with van der Waals surface area (Å²) in [5.74, 6) is 0.394. The summed E-state index contributed by atoms with van der Waals surface area (Å²) in [6.07, 6.45) is 1.88. The van der Waals surface area contributed by atoms with Crippen molar-refractivity contribution in [1.29, 1.82) is 0 Å². The maximum absolute atomic E-state index is 12.0. The zero-order valence-corrected chi connectivity index (χ0v) is 10.4. The number of rotatable bonds is 2. The molecule has 1 fully saturated rings. The highest BCUT2D eigenvalue weighted by molar-refractivity contribution is 5.98. The first-order valence-corrected chi connectivity index (χ1v) is 6.33. The largest absolute Gasteiger partial charge is 0.482 e. The molecule has 0 saturated carbocycles. The summed E-state index contributed by atoms with van der Waals surface area (Å²) in [7, 11) is 0. The van der Waals surface area contributed by atoms with E-state index in [4.69, 9.17) is 4.74 Å². The molecule has 3 N–H and O–H groups in total. The van der Waals surface area contributed by atoms with Gasteiger partial charge in [-0.3, -0.25) is 9.59 Å². The van der Waals surface area contributed by atoms with Crippen LogP contribution in [0.25, 0.3) is 0 Å². The van der Waals surface area contributed by atoms with Crippen LogP contribution in [0.4, 0.5) is 11.4 Å². The minimum Gasteiger partial charge on any atom is -0.482 e. The molecule has 1 aromatic rings. The third-order valence-electron chi connectivity index (χ3n) is 3.26. The summed E-state index contributed by atoms with van der Waals surface area (Å²) in [6.45, 7) is 0.914. The highest BCUT2D eigenvalue weighted by atomic mass is 16.5. The average Bonchev–Trinajstić information content (AvgIpc) is 2.92. The molecule has 19 heavy (non-hydrogen) atoms. The monoisotopic (exact) mass is 261 g/mol. The van der Waals surface area contributed by atoms with Gasteiger partial charge in [0.05, 0.1) is 11.7 Å². The molecule has 1 atom stereocenters. The van der Waals surface area contributed by atoms with Gasteiger partial charge >= 0.3 is 0 Å². The van der Waals surface area contributed by atoms with E-state index >= 15 is 0 Å². The molecule has 0 unspecified atom stereocenters. The van der Waals surface area contributed by atoms with Gasteiger partial charge < -0.3 is 20.7 Å². The van der Waals surface area contributed by atoms with Crippen LogP contribution in [0.5, 0.6) is 5.75 Å². The van der Waals surface area contributed by atoms with E-state index in [9.17, 15) is 9.59 Å². The first kappa shape index (κ1) is 12.0. The Labute approximate surface area is 110 Å². The van der Waals surface area contributed by atoms with Crippen molar-refractivity contribution < 1.29 is 14.3 Å².